The van der Waals surface area contributed by atoms with Crippen molar-refractivity contribution < 1.29 is 9.18 Å². The van der Waals surface area contributed by atoms with E-state index in [0.29, 0.717) is 28.3 Å². The molecule has 2 heterocycles. The normalized spacial score (nSPS) is 11.3. The third kappa shape index (κ3) is 5.03. The zero-order valence-corrected chi connectivity index (χ0v) is 19.4. The predicted molar refractivity (Wildman–Crippen MR) is 132 cm³/mol. The molecule has 2 amide bonds. The second kappa shape index (κ2) is 8.93. The van der Waals surface area contributed by atoms with Crippen molar-refractivity contribution in [1.82, 2.24) is 19.7 Å². The zero-order chi connectivity index (χ0) is 24.5. The first-order valence-electron chi connectivity index (χ1n) is 10.7. The largest absolute Gasteiger partial charge is 0.368 e. The Balaban J connectivity index is 1.70. The summed E-state index contributed by atoms with van der Waals surface area (Å²) in [5.74, 6) is -0.362. The molecule has 4 rings (SSSR count). The van der Waals surface area contributed by atoms with Crippen molar-refractivity contribution in [1.29, 1.82) is 0 Å². The summed E-state index contributed by atoms with van der Waals surface area (Å²) in [4.78, 5) is 20.7. The van der Waals surface area contributed by atoms with Gasteiger partial charge in [0.25, 0.3) is 0 Å². The number of rotatable bonds is 4. The van der Waals surface area contributed by atoms with Gasteiger partial charge in [-0.1, -0.05) is 17.7 Å². The number of nitrogens with two attached hydrogens (primary N) is 1. The number of amides is 2. The number of nitrogens with zero attached hydrogens (tertiary/aromatic N) is 4. The zero-order valence-electron chi connectivity index (χ0n) is 19.4. The number of aromatic nitrogens is 4. The number of hydrogen-bond acceptors (Lipinski definition) is 5. The van der Waals surface area contributed by atoms with E-state index < -0.39 is 11.8 Å². The summed E-state index contributed by atoms with van der Waals surface area (Å²) in [6.07, 6.45) is 3.30. The van der Waals surface area contributed by atoms with Crippen LogP contribution in [0.2, 0.25) is 0 Å². The molecule has 4 N–H and O–H groups in total. The van der Waals surface area contributed by atoms with Gasteiger partial charge in [-0.05, 0) is 64.1 Å². The molecule has 0 aliphatic heterocycles. The van der Waals surface area contributed by atoms with Gasteiger partial charge >= 0.3 is 6.03 Å². The fourth-order valence-corrected chi connectivity index (χ4v) is 3.35. The van der Waals surface area contributed by atoms with Crippen molar-refractivity contribution in [2.24, 2.45) is 0 Å². The van der Waals surface area contributed by atoms with Crippen LogP contribution in [-0.2, 0) is 5.54 Å². The number of urea groups is 1. The Morgan fingerprint density at radius 3 is 2.35 bits per heavy atom. The third-order valence-corrected chi connectivity index (χ3v) is 5.14. The van der Waals surface area contributed by atoms with Crippen molar-refractivity contribution in [2.75, 3.05) is 16.4 Å². The molecule has 0 radical (unpaired) electrons. The van der Waals surface area contributed by atoms with E-state index in [1.54, 1.807) is 23.0 Å². The maximum atomic E-state index is 15.0. The maximum absolute atomic E-state index is 15.0. The highest BCUT2D eigenvalue weighted by molar-refractivity contribution is 6.00. The van der Waals surface area contributed by atoms with Gasteiger partial charge in [0, 0.05) is 34.9 Å². The lowest BCUT2D eigenvalue weighted by Crippen LogP contribution is -2.22. The van der Waals surface area contributed by atoms with E-state index in [-0.39, 0.29) is 17.1 Å². The fourth-order valence-electron chi connectivity index (χ4n) is 3.35. The van der Waals surface area contributed by atoms with Gasteiger partial charge < -0.3 is 16.4 Å². The Kier molecular flexibility index (Phi) is 6.02. The van der Waals surface area contributed by atoms with Gasteiger partial charge in [-0.2, -0.15) is 5.10 Å². The van der Waals surface area contributed by atoms with Gasteiger partial charge in [0.15, 0.2) is 0 Å². The number of aryl methyl sites for hydroxylation is 1. The smallest absolute Gasteiger partial charge is 0.323 e. The summed E-state index contributed by atoms with van der Waals surface area (Å²) in [6, 6.07) is 13.0. The van der Waals surface area contributed by atoms with E-state index in [1.165, 1.54) is 18.3 Å². The number of anilines is 3. The number of hydrogen-bond donors (Lipinski definition) is 3. The minimum absolute atomic E-state index is 0.0948. The first-order valence-corrected chi connectivity index (χ1v) is 10.7. The van der Waals surface area contributed by atoms with Crippen molar-refractivity contribution in [3.8, 4) is 22.5 Å². The van der Waals surface area contributed by atoms with E-state index in [9.17, 15) is 4.79 Å². The first-order chi connectivity index (χ1) is 16.1. The lowest BCUT2D eigenvalue weighted by atomic mass is 10.0. The van der Waals surface area contributed by atoms with Gasteiger partial charge in [0.05, 0.1) is 11.2 Å². The molecular weight excluding hydrogens is 433 g/mol. The van der Waals surface area contributed by atoms with Crippen LogP contribution in [0, 0.1) is 12.7 Å². The molecule has 174 valence electrons. The van der Waals surface area contributed by atoms with Crippen LogP contribution in [-0.4, -0.2) is 25.8 Å². The van der Waals surface area contributed by atoms with Crippen LogP contribution in [0.3, 0.4) is 0 Å². The summed E-state index contributed by atoms with van der Waals surface area (Å²) >= 11 is 0. The highest BCUT2D eigenvalue weighted by atomic mass is 19.1. The number of nitrogens with one attached hydrogen (secondary N) is 2. The number of carbonyl (C=O) groups is 1. The molecular formula is C25H26FN7O. The molecule has 0 unspecified atom stereocenters. The molecule has 2 aromatic carbocycles. The number of benzene rings is 2. The van der Waals surface area contributed by atoms with Crippen molar-refractivity contribution in [3.05, 3.63) is 72.3 Å². The monoisotopic (exact) mass is 459 g/mol. The first kappa shape index (κ1) is 22.9. The van der Waals surface area contributed by atoms with Crippen LogP contribution in [0.1, 0.15) is 26.3 Å². The van der Waals surface area contributed by atoms with Gasteiger partial charge in [0.1, 0.15) is 11.5 Å². The van der Waals surface area contributed by atoms with E-state index in [4.69, 9.17) is 5.73 Å². The average Bonchev–Trinajstić information content (AvgIpc) is 3.23. The second-order valence-electron chi connectivity index (χ2n) is 8.95. The number of carbonyl (C=O) groups excluding carboxylic acids is 1. The maximum Gasteiger partial charge on any atom is 0.323 e. The Labute approximate surface area is 197 Å². The topological polar surface area (TPSA) is 111 Å². The Morgan fingerprint density at radius 1 is 1.00 bits per heavy atom. The van der Waals surface area contributed by atoms with Crippen molar-refractivity contribution in [3.63, 3.8) is 0 Å². The van der Waals surface area contributed by atoms with E-state index in [2.05, 4.69) is 25.7 Å². The Morgan fingerprint density at radius 2 is 1.68 bits per heavy atom. The molecule has 8 nitrogen and oxygen atoms in total. The molecule has 4 aromatic rings. The van der Waals surface area contributed by atoms with Crippen LogP contribution in [0.25, 0.3) is 22.5 Å². The highest BCUT2D eigenvalue weighted by Gasteiger charge is 2.23. The predicted octanol–water partition coefficient (Wildman–Crippen LogP) is 5.44. The molecule has 0 saturated heterocycles. The molecule has 0 saturated carbocycles. The molecule has 0 aliphatic carbocycles. The SMILES string of the molecule is Cc1ccc(NC(=O)Nc2ccc(F)c(-c3cn(C(C)(C)C)nc3-c3ccnc(N)n3)c2)cc1. The molecule has 0 atom stereocenters. The Bertz CT molecular complexity index is 1340. The van der Waals surface area contributed by atoms with Gasteiger partial charge in [-0.3, -0.25) is 4.68 Å². The quantitative estimate of drug-likeness (QED) is 0.377. The highest BCUT2D eigenvalue weighted by Crippen LogP contribution is 2.35. The van der Waals surface area contributed by atoms with Gasteiger partial charge in [-0.15, -0.1) is 0 Å². The molecule has 34 heavy (non-hydrogen) atoms. The van der Waals surface area contributed by atoms with E-state index in [1.807, 2.05) is 52.0 Å². The molecule has 0 bridgehead atoms. The third-order valence-electron chi connectivity index (χ3n) is 5.14. The summed E-state index contributed by atoms with van der Waals surface area (Å²) in [6.45, 7) is 7.94. The molecule has 0 aliphatic rings. The minimum Gasteiger partial charge on any atom is -0.368 e. The Hall–Kier alpha value is -4.27. The standard InChI is InChI=1S/C25H26FN7O/c1-15-5-7-16(8-6-15)29-24(34)30-17-9-10-20(26)18(13-17)19-14-33(25(2,3)4)32-22(19)21-11-12-28-23(27)31-21/h5-14H,1-4H3,(H2,27,28,31)(H2,29,30,34). The lowest BCUT2D eigenvalue weighted by molar-refractivity contribution is 0.262. The van der Waals surface area contributed by atoms with Gasteiger partial charge in [-0.25, -0.2) is 19.2 Å². The molecule has 0 fully saturated rings. The summed E-state index contributed by atoms with van der Waals surface area (Å²) in [5, 5.41) is 10.2. The summed E-state index contributed by atoms with van der Waals surface area (Å²) in [5.41, 5.74) is 9.32. The number of halogens is 1. The number of nitrogen functional groups attached to an aromatic ring is 1. The molecule has 0 spiro atoms. The average molecular weight is 460 g/mol. The van der Waals surface area contributed by atoms with Crippen molar-refractivity contribution >= 4 is 23.4 Å². The minimum atomic E-state index is -0.457. The van der Waals surface area contributed by atoms with E-state index in [0.717, 1.165) is 5.56 Å². The lowest BCUT2D eigenvalue weighted by Gasteiger charge is -2.18. The second-order valence-corrected chi connectivity index (χ2v) is 8.95. The summed E-state index contributed by atoms with van der Waals surface area (Å²) < 4.78 is 16.8. The van der Waals surface area contributed by atoms with Crippen LogP contribution >= 0.6 is 0 Å². The van der Waals surface area contributed by atoms with Crippen molar-refractivity contribution in [2.45, 2.75) is 33.2 Å². The summed E-state index contributed by atoms with van der Waals surface area (Å²) in [7, 11) is 0. The van der Waals surface area contributed by atoms with Crippen LogP contribution in [0.4, 0.5) is 26.5 Å². The van der Waals surface area contributed by atoms with Gasteiger partial charge in [0.2, 0.25) is 5.95 Å². The van der Waals surface area contributed by atoms with Crippen LogP contribution in [0.15, 0.2) is 60.9 Å². The molecule has 9 heteroatoms. The molecule has 2 aromatic heterocycles. The van der Waals surface area contributed by atoms with E-state index >= 15 is 4.39 Å². The van der Waals surface area contributed by atoms with Crippen LogP contribution < -0.4 is 16.4 Å². The fraction of sp³-hybridized carbons (Fsp3) is 0.200. The van der Waals surface area contributed by atoms with Crippen LogP contribution in [0.5, 0.6) is 0 Å².